The van der Waals surface area contributed by atoms with Crippen LogP contribution in [0.3, 0.4) is 0 Å². The molecule has 0 radical (unpaired) electrons. The van der Waals surface area contributed by atoms with Crippen LogP contribution in [-0.4, -0.2) is 37.5 Å². The molecule has 1 N–H and O–H groups in total. The monoisotopic (exact) mass is 219 g/mol. The van der Waals surface area contributed by atoms with E-state index in [1.807, 2.05) is 12.1 Å². The number of nitrogens with one attached hydrogen (secondary N) is 1. The topological polar surface area (TPSA) is 67.2 Å². The molecule has 1 unspecified atom stereocenters. The summed E-state index contributed by atoms with van der Waals surface area (Å²) in [7, 11) is 0. The average molecular weight is 219 g/mol. The van der Waals surface area contributed by atoms with Gasteiger partial charge in [-0.25, -0.2) is 4.98 Å². The molecule has 0 amide bonds. The number of hydrogen-bond acceptors (Lipinski definition) is 5. The van der Waals surface area contributed by atoms with Crippen LogP contribution in [0.2, 0.25) is 0 Å². The zero-order valence-electron chi connectivity index (χ0n) is 8.85. The van der Waals surface area contributed by atoms with Crippen LogP contribution in [0.25, 0.3) is 0 Å². The third kappa shape index (κ3) is 2.69. The molecular weight excluding hydrogens is 206 g/mol. The normalized spacial score (nSPS) is 20.1. The van der Waals surface area contributed by atoms with Gasteiger partial charge in [-0.05, 0) is 12.1 Å². The molecule has 84 valence electrons. The minimum Gasteiger partial charge on any atom is -0.380 e. The van der Waals surface area contributed by atoms with E-state index in [9.17, 15) is 0 Å². The van der Waals surface area contributed by atoms with Gasteiger partial charge in [-0.3, -0.25) is 0 Å². The Kier molecular flexibility index (Phi) is 3.70. The Bertz CT molecular complexity index is 383. The first-order chi connectivity index (χ1) is 7.90. The Labute approximate surface area is 94.0 Å². The molecule has 2 rings (SSSR count). The van der Waals surface area contributed by atoms with Gasteiger partial charge in [0.1, 0.15) is 6.07 Å². The van der Waals surface area contributed by atoms with Crippen LogP contribution >= 0.6 is 0 Å². The average Bonchev–Trinajstić information content (AvgIpc) is 2.38. The van der Waals surface area contributed by atoms with E-state index in [4.69, 9.17) is 14.7 Å². The molecule has 0 bridgehead atoms. The first-order valence-electron chi connectivity index (χ1n) is 5.18. The van der Waals surface area contributed by atoms with Crippen LogP contribution in [0.4, 0.5) is 5.69 Å². The van der Waals surface area contributed by atoms with Crippen molar-refractivity contribution in [2.45, 2.75) is 6.10 Å². The molecule has 0 spiro atoms. The van der Waals surface area contributed by atoms with Gasteiger partial charge in [-0.1, -0.05) is 0 Å². The van der Waals surface area contributed by atoms with Gasteiger partial charge in [0, 0.05) is 12.7 Å². The number of aromatic nitrogens is 1. The molecule has 16 heavy (non-hydrogen) atoms. The van der Waals surface area contributed by atoms with E-state index in [1.54, 1.807) is 12.3 Å². The van der Waals surface area contributed by atoms with Crippen LogP contribution < -0.4 is 5.32 Å². The molecule has 1 aliphatic rings. The first-order valence-corrected chi connectivity index (χ1v) is 5.18. The van der Waals surface area contributed by atoms with Crippen LogP contribution in [-0.2, 0) is 9.47 Å². The molecule has 5 heteroatoms. The predicted molar refractivity (Wildman–Crippen MR) is 58.0 cm³/mol. The summed E-state index contributed by atoms with van der Waals surface area (Å²) in [6, 6.07) is 5.66. The van der Waals surface area contributed by atoms with Crippen LogP contribution in [0.15, 0.2) is 18.3 Å². The standard InChI is InChI=1S/C11H13N3O2/c12-6-11-10(2-1-3-13-11)14-7-9-8-15-4-5-16-9/h1-3,9,14H,4-5,7-8H2. The summed E-state index contributed by atoms with van der Waals surface area (Å²) < 4.78 is 10.8. The number of anilines is 1. The molecule has 1 atom stereocenters. The van der Waals surface area contributed by atoms with E-state index in [0.717, 1.165) is 5.69 Å². The smallest absolute Gasteiger partial charge is 0.163 e. The second-order valence-corrected chi connectivity index (χ2v) is 3.46. The zero-order chi connectivity index (χ0) is 11.2. The van der Waals surface area contributed by atoms with Crippen molar-refractivity contribution < 1.29 is 9.47 Å². The lowest BCUT2D eigenvalue weighted by Gasteiger charge is -2.23. The minimum atomic E-state index is 0.0421. The molecule has 1 aromatic rings. The Morgan fingerprint density at radius 1 is 1.56 bits per heavy atom. The summed E-state index contributed by atoms with van der Waals surface area (Å²) in [6.07, 6.45) is 1.64. The second kappa shape index (κ2) is 5.45. The van der Waals surface area contributed by atoms with Gasteiger partial charge in [-0.2, -0.15) is 5.26 Å². The molecule has 1 aliphatic heterocycles. The van der Waals surface area contributed by atoms with Gasteiger partial charge in [0.2, 0.25) is 0 Å². The SMILES string of the molecule is N#Cc1ncccc1NCC1COCCO1. The van der Waals surface area contributed by atoms with Gasteiger partial charge in [0.25, 0.3) is 0 Å². The van der Waals surface area contributed by atoms with Crippen LogP contribution in [0.1, 0.15) is 5.69 Å². The lowest BCUT2D eigenvalue weighted by molar-refractivity contribution is -0.0818. The van der Waals surface area contributed by atoms with Gasteiger partial charge >= 0.3 is 0 Å². The van der Waals surface area contributed by atoms with Crippen molar-refractivity contribution in [3.05, 3.63) is 24.0 Å². The van der Waals surface area contributed by atoms with Gasteiger partial charge in [0.15, 0.2) is 5.69 Å². The van der Waals surface area contributed by atoms with Crippen molar-refractivity contribution in [2.24, 2.45) is 0 Å². The highest BCUT2D eigenvalue weighted by atomic mass is 16.6. The third-order valence-electron chi connectivity index (χ3n) is 2.32. The van der Waals surface area contributed by atoms with E-state index in [1.165, 1.54) is 0 Å². The molecule has 1 fully saturated rings. The maximum atomic E-state index is 8.85. The van der Waals surface area contributed by atoms with Crippen LogP contribution in [0.5, 0.6) is 0 Å². The predicted octanol–water partition coefficient (Wildman–Crippen LogP) is 0.781. The quantitative estimate of drug-likeness (QED) is 0.813. The molecular formula is C11H13N3O2. The van der Waals surface area contributed by atoms with Crippen molar-refractivity contribution >= 4 is 5.69 Å². The summed E-state index contributed by atoms with van der Waals surface area (Å²) in [5.41, 5.74) is 1.14. The summed E-state index contributed by atoms with van der Waals surface area (Å²) in [5.74, 6) is 0. The minimum absolute atomic E-state index is 0.0421. The Morgan fingerprint density at radius 2 is 2.50 bits per heavy atom. The fourth-order valence-corrected chi connectivity index (χ4v) is 1.52. The Morgan fingerprint density at radius 3 is 3.25 bits per heavy atom. The van der Waals surface area contributed by atoms with Gasteiger partial charge in [0.05, 0.1) is 31.6 Å². The Hall–Kier alpha value is -1.64. The fourth-order valence-electron chi connectivity index (χ4n) is 1.52. The van der Waals surface area contributed by atoms with E-state index < -0.39 is 0 Å². The molecule has 0 aliphatic carbocycles. The van der Waals surface area contributed by atoms with Crippen molar-refractivity contribution in [1.82, 2.24) is 4.98 Å². The van der Waals surface area contributed by atoms with Crippen molar-refractivity contribution in [3.63, 3.8) is 0 Å². The van der Waals surface area contributed by atoms with E-state index in [-0.39, 0.29) is 6.10 Å². The summed E-state index contributed by atoms with van der Waals surface area (Å²) in [4.78, 5) is 3.97. The van der Waals surface area contributed by atoms with Gasteiger partial charge in [-0.15, -0.1) is 0 Å². The molecule has 0 aromatic carbocycles. The zero-order valence-corrected chi connectivity index (χ0v) is 8.85. The fraction of sp³-hybridized carbons (Fsp3) is 0.455. The van der Waals surface area contributed by atoms with Crippen molar-refractivity contribution in [2.75, 3.05) is 31.7 Å². The number of nitriles is 1. The van der Waals surface area contributed by atoms with E-state index >= 15 is 0 Å². The van der Waals surface area contributed by atoms with Gasteiger partial charge < -0.3 is 14.8 Å². The maximum Gasteiger partial charge on any atom is 0.163 e. The second-order valence-electron chi connectivity index (χ2n) is 3.46. The molecule has 2 heterocycles. The highest BCUT2D eigenvalue weighted by molar-refractivity contribution is 5.53. The summed E-state index contributed by atoms with van der Waals surface area (Å²) in [5, 5.41) is 12.0. The highest BCUT2D eigenvalue weighted by Crippen LogP contribution is 2.11. The molecule has 0 saturated carbocycles. The number of ether oxygens (including phenoxy) is 2. The Balaban J connectivity index is 1.91. The number of nitrogens with zero attached hydrogens (tertiary/aromatic N) is 2. The molecule has 1 aromatic heterocycles. The van der Waals surface area contributed by atoms with Crippen LogP contribution in [0, 0.1) is 11.3 Å². The van der Waals surface area contributed by atoms with Crippen molar-refractivity contribution in [3.8, 4) is 6.07 Å². The van der Waals surface area contributed by atoms with E-state index in [0.29, 0.717) is 32.1 Å². The van der Waals surface area contributed by atoms with Crippen molar-refractivity contribution in [1.29, 1.82) is 5.26 Å². The molecule has 1 saturated heterocycles. The highest BCUT2D eigenvalue weighted by Gasteiger charge is 2.14. The number of hydrogen-bond donors (Lipinski definition) is 1. The maximum absolute atomic E-state index is 8.85. The lowest BCUT2D eigenvalue weighted by Crippen LogP contribution is -2.34. The largest absolute Gasteiger partial charge is 0.380 e. The third-order valence-corrected chi connectivity index (χ3v) is 2.32. The summed E-state index contributed by atoms with van der Waals surface area (Å²) in [6.45, 7) is 2.51. The summed E-state index contributed by atoms with van der Waals surface area (Å²) >= 11 is 0. The first kappa shape index (κ1) is 10.9. The van der Waals surface area contributed by atoms with E-state index in [2.05, 4.69) is 10.3 Å². The molecule has 5 nitrogen and oxygen atoms in total. The lowest BCUT2D eigenvalue weighted by atomic mass is 10.3. The number of rotatable bonds is 3. The number of pyridine rings is 1.